The number of phenols is 1. The average Bonchev–Trinajstić information content (AvgIpc) is 2.49. The summed E-state index contributed by atoms with van der Waals surface area (Å²) in [5.74, 6) is -0.597. The van der Waals surface area contributed by atoms with Crippen molar-refractivity contribution in [2.45, 2.75) is 0 Å². The number of nitro benzene ring substituents is 1. The largest absolute Gasteiger partial charge is 0.507 e. The highest BCUT2D eigenvalue weighted by Crippen LogP contribution is 2.20. The van der Waals surface area contributed by atoms with Gasteiger partial charge in [-0.1, -0.05) is 11.6 Å². The summed E-state index contributed by atoms with van der Waals surface area (Å²) in [5, 5.41) is 24.2. The van der Waals surface area contributed by atoms with Gasteiger partial charge in [0.1, 0.15) is 5.75 Å². The zero-order valence-electron chi connectivity index (χ0n) is 11.1. The Morgan fingerprint density at radius 3 is 2.55 bits per heavy atom. The number of amides is 1. The molecule has 0 spiro atoms. The first-order chi connectivity index (χ1) is 10.5. The number of nitrogens with one attached hydrogen (secondary N) is 1. The van der Waals surface area contributed by atoms with Crippen LogP contribution in [0.4, 0.5) is 5.69 Å². The number of aromatic hydroxyl groups is 1. The first kappa shape index (κ1) is 15.5. The predicted octanol–water partition coefficient (Wildman–Crippen LogP) is 2.72. The second-order valence-corrected chi connectivity index (χ2v) is 4.64. The van der Waals surface area contributed by atoms with E-state index in [2.05, 4.69) is 10.5 Å². The number of nitrogens with zero attached hydrogens (tertiary/aromatic N) is 2. The Bertz CT molecular complexity index is 744. The van der Waals surface area contributed by atoms with E-state index in [-0.39, 0.29) is 17.0 Å². The zero-order chi connectivity index (χ0) is 16.1. The maximum absolute atomic E-state index is 11.8. The lowest BCUT2D eigenvalue weighted by Gasteiger charge is -2.01. The van der Waals surface area contributed by atoms with E-state index in [4.69, 9.17) is 11.6 Å². The molecular formula is C14H10ClN3O4. The molecule has 8 heteroatoms. The van der Waals surface area contributed by atoms with E-state index in [1.54, 1.807) is 12.1 Å². The van der Waals surface area contributed by atoms with Gasteiger partial charge in [0.15, 0.2) is 0 Å². The van der Waals surface area contributed by atoms with Gasteiger partial charge in [0.2, 0.25) is 0 Å². The molecule has 0 atom stereocenters. The fourth-order valence-electron chi connectivity index (χ4n) is 1.59. The van der Waals surface area contributed by atoms with Crippen molar-refractivity contribution in [3.05, 3.63) is 68.7 Å². The van der Waals surface area contributed by atoms with Crippen LogP contribution >= 0.6 is 11.6 Å². The van der Waals surface area contributed by atoms with Gasteiger partial charge in [0, 0.05) is 28.3 Å². The quantitative estimate of drug-likeness (QED) is 0.513. The summed E-state index contributed by atoms with van der Waals surface area (Å²) in [5.41, 5.74) is 2.76. The highest BCUT2D eigenvalue weighted by molar-refractivity contribution is 6.30. The molecule has 0 aromatic heterocycles. The maximum atomic E-state index is 11.8. The molecule has 112 valence electrons. The fraction of sp³-hybridized carbons (Fsp3) is 0. The standard InChI is InChI=1S/C14H10ClN3O4/c15-11-4-1-10(13(19)7-11)8-16-17-14(20)9-2-5-12(6-3-9)18(21)22/h1-8,19H,(H,17,20). The smallest absolute Gasteiger partial charge is 0.271 e. The number of nitro groups is 1. The number of hydrogen-bond acceptors (Lipinski definition) is 5. The lowest BCUT2D eigenvalue weighted by molar-refractivity contribution is -0.384. The van der Waals surface area contributed by atoms with Crippen LogP contribution in [-0.4, -0.2) is 22.2 Å². The van der Waals surface area contributed by atoms with E-state index in [1.807, 2.05) is 0 Å². The number of carbonyl (C=O) groups is 1. The van der Waals surface area contributed by atoms with E-state index in [1.165, 1.54) is 36.5 Å². The van der Waals surface area contributed by atoms with Gasteiger partial charge < -0.3 is 5.11 Å². The maximum Gasteiger partial charge on any atom is 0.271 e. The van der Waals surface area contributed by atoms with E-state index in [9.17, 15) is 20.0 Å². The first-order valence-electron chi connectivity index (χ1n) is 6.04. The zero-order valence-corrected chi connectivity index (χ0v) is 11.8. The van der Waals surface area contributed by atoms with Crippen molar-refractivity contribution in [1.82, 2.24) is 5.43 Å². The van der Waals surface area contributed by atoms with Crippen LogP contribution in [0.1, 0.15) is 15.9 Å². The Morgan fingerprint density at radius 2 is 1.95 bits per heavy atom. The molecule has 0 aliphatic heterocycles. The van der Waals surface area contributed by atoms with Crippen molar-refractivity contribution in [2.24, 2.45) is 5.10 Å². The molecule has 0 unspecified atom stereocenters. The molecule has 0 bridgehead atoms. The van der Waals surface area contributed by atoms with E-state index in [0.29, 0.717) is 10.6 Å². The summed E-state index contributed by atoms with van der Waals surface area (Å²) in [7, 11) is 0. The van der Waals surface area contributed by atoms with E-state index in [0.717, 1.165) is 0 Å². The van der Waals surface area contributed by atoms with Crippen molar-refractivity contribution >= 4 is 29.4 Å². The van der Waals surface area contributed by atoms with Crippen molar-refractivity contribution in [1.29, 1.82) is 0 Å². The number of hydrogen-bond donors (Lipinski definition) is 2. The van der Waals surface area contributed by atoms with Crippen LogP contribution in [0.5, 0.6) is 5.75 Å². The molecule has 0 aliphatic carbocycles. The Morgan fingerprint density at radius 1 is 1.27 bits per heavy atom. The summed E-state index contributed by atoms with van der Waals surface area (Å²) >= 11 is 5.69. The van der Waals surface area contributed by atoms with Gasteiger partial charge in [0.25, 0.3) is 11.6 Å². The van der Waals surface area contributed by atoms with Gasteiger partial charge in [-0.15, -0.1) is 0 Å². The molecular weight excluding hydrogens is 310 g/mol. The number of halogens is 1. The summed E-state index contributed by atoms with van der Waals surface area (Å²) < 4.78 is 0. The minimum absolute atomic E-state index is 0.0687. The molecule has 2 aromatic rings. The SMILES string of the molecule is O=C(NN=Cc1ccc(Cl)cc1O)c1ccc([N+](=O)[O-])cc1. The second-order valence-electron chi connectivity index (χ2n) is 4.21. The summed E-state index contributed by atoms with van der Waals surface area (Å²) in [4.78, 5) is 21.7. The van der Waals surface area contributed by atoms with Gasteiger partial charge in [0.05, 0.1) is 11.1 Å². The number of non-ortho nitro benzene ring substituents is 1. The topological polar surface area (TPSA) is 105 Å². The molecule has 2 rings (SSSR count). The lowest BCUT2D eigenvalue weighted by Crippen LogP contribution is -2.17. The first-order valence-corrected chi connectivity index (χ1v) is 6.41. The Hall–Kier alpha value is -2.93. The molecule has 0 radical (unpaired) electrons. The molecule has 0 saturated carbocycles. The van der Waals surface area contributed by atoms with Crippen molar-refractivity contribution < 1.29 is 14.8 Å². The summed E-state index contributed by atoms with van der Waals surface area (Å²) in [6, 6.07) is 9.56. The number of rotatable bonds is 4. The summed E-state index contributed by atoms with van der Waals surface area (Å²) in [6.45, 7) is 0. The minimum Gasteiger partial charge on any atom is -0.507 e. The molecule has 0 fully saturated rings. The molecule has 7 nitrogen and oxygen atoms in total. The minimum atomic E-state index is -0.552. The Kier molecular flexibility index (Phi) is 4.70. The molecule has 2 aromatic carbocycles. The third-order valence-electron chi connectivity index (χ3n) is 2.70. The number of benzene rings is 2. The number of phenolic OH excluding ortho intramolecular Hbond substituents is 1. The van der Waals surface area contributed by atoms with Crippen molar-refractivity contribution in [2.75, 3.05) is 0 Å². The molecule has 22 heavy (non-hydrogen) atoms. The second kappa shape index (κ2) is 6.68. The number of hydrazone groups is 1. The average molecular weight is 320 g/mol. The van der Waals surface area contributed by atoms with Gasteiger partial charge in [-0.3, -0.25) is 14.9 Å². The van der Waals surface area contributed by atoms with Crippen LogP contribution in [-0.2, 0) is 0 Å². The van der Waals surface area contributed by atoms with E-state index < -0.39 is 10.8 Å². The third-order valence-corrected chi connectivity index (χ3v) is 2.94. The van der Waals surface area contributed by atoms with Crippen molar-refractivity contribution in [3.63, 3.8) is 0 Å². The van der Waals surface area contributed by atoms with Gasteiger partial charge in [-0.2, -0.15) is 5.10 Å². The molecule has 0 heterocycles. The van der Waals surface area contributed by atoms with Crippen LogP contribution in [0.2, 0.25) is 5.02 Å². The highest BCUT2D eigenvalue weighted by atomic mass is 35.5. The van der Waals surface area contributed by atoms with Crippen LogP contribution in [0.25, 0.3) is 0 Å². The Balaban J connectivity index is 2.02. The molecule has 2 N–H and O–H groups in total. The van der Waals surface area contributed by atoms with Crippen molar-refractivity contribution in [3.8, 4) is 5.75 Å². The van der Waals surface area contributed by atoms with Gasteiger partial charge in [-0.05, 0) is 30.3 Å². The molecule has 0 aliphatic rings. The van der Waals surface area contributed by atoms with Crippen LogP contribution in [0.15, 0.2) is 47.6 Å². The summed E-state index contributed by atoms with van der Waals surface area (Å²) in [6.07, 6.45) is 1.26. The van der Waals surface area contributed by atoms with Gasteiger partial charge >= 0.3 is 0 Å². The van der Waals surface area contributed by atoms with Crippen LogP contribution < -0.4 is 5.43 Å². The monoisotopic (exact) mass is 319 g/mol. The fourth-order valence-corrected chi connectivity index (χ4v) is 1.75. The molecule has 0 saturated heterocycles. The molecule has 1 amide bonds. The number of carbonyl (C=O) groups excluding carboxylic acids is 1. The highest BCUT2D eigenvalue weighted by Gasteiger charge is 2.08. The van der Waals surface area contributed by atoms with Gasteiger partial charge in [-0.25, -0.2) is 5.43 Å². The normalized spacial score (nSPS) is 10.6. The third kappa shape index (κ3) is 3.80. The Labute approximate surface area is 130 Å². The predicted molar refractivity (Wildman–Crippen MR) is 81.3 cm³/mol. The van der Waals surface area contributed by atoms with E-state index >= 15 is 0 Å². The van der Waals surface area contributed by atoms with Crippen LogP contribution in [0.3, 0.4) is 0 Å². The lowest BCUT2D eigenvalue weighted by atomic mass is 10.2. The van der Waals surface area contributed by atoms with Crippen LogP contribution in [0, 0.1) is 10.1 Å².